The number of rotatable bonds is 1. The highest BCUT2D eigenvalue weighted by atomic mass is 32.2. The van der Waals surface area contributed by atoms with E-state index in [0.717, 1.165) is 12.8 Å². The molecule has 0 spiro atoms. The molecule has 0 aliphatic carbocycles. The molecule has 1 fully saturated rings. The highest BCUT2D eigenvalue weighted by Gasteiger charge is 2.32. The van der Waals surface area contributed by atoms with Crippen LogP contribution in [-0.4, -0.2) is 50.0 Å². The van der Waals surface area contributed by atoms with Crippen molar-refractivity contribution in [1.82, 2.24) is 9.62 Å². The van der Waals surface area contributed by atoms with Gasteiger partial charge in [0, 0.05) is 18.7 Å². The number of aliphatic imine (C=N–C) groups is 1. The molecule has 7 nitrogen and oxygen atoms in total. The SMILES string of the molecule is CC(C)(C)OC(=O)N1CCC[C@H](N=C2NS(=O)(=O)c3ccccc32)C1. The second-order valence-corrected chi connectivity index (χ2v) is 8.95. The van der Waals surface area contributed by atoms with Crippen LogP contribution >= 0.6 is 0 Å². The number of hydrogen-bond acceptors (Lipinski definition) is 5. The van der Waals surface area contributed by atoms with Gasteiger partial charge in [0.15, 0.2) is 0 Å². The topological polar surface area (TPSA) is 88.1 Å². The maximum Gasteiger partial charge on any atom is 0.410 e. The number of ether oxygens (including phenoxy) is 1. The Morgan fingerprint density at radius 3 is 2.76 bits per heavy atom. The Morgan fingerprint density at radius 2 is 2.04 bits per heavy atom. The Labute approximate surface area is 148 Å². The van der Waals surface area contributed by atoms with Gasteiger partial charge in [0.2, 0.25) is 0 Å². The van der Waals surface area contributed by atoms with Gasteiger partial charge >= 0.3 is 6.09 Å². The molecule has 1 atom stereocenters. The Balaban J connectivity index is 1.77. The lowest BCUT2D eigenvalue weighted by atomic mass is 10.1. The number of nitrogens with one attached hydrogen (secondary N) is 1. The number of carbonyl (C=O) groups is 1. The Morgan fingerprint density at radius 1 is 1.32 bits per heavy atom. The number of hydrogen-bond donors (Lipinski definition) is 1. The summed E-state index contributed by atoms with van der Waals surface area (Å²) in [5.74, 6) is 0.353. The lowest BCUT2D eigenvalue weighted by Gasteiger charge is -2.32. The molecule has 2 heterocycles. The third-order valence-corrected chi connectivity index (χ3v) is 5.42. The van der Waals surface area contributed by atoms with Crippen molar-refractivity contribution in [2.24, 2.45) is 4.99 Å². The Hall–Kier alpha value is -2.09. The first kappa shape index (κ1) is 17.7. The van der Waals surface area contributed by atoms with E-state index in [1.165, 1.54) is 0 Å². The van der Waals surface area contributed by atoms with Crippen LogP contribution in [0.4, 0.5) is 4.79 Å². The van der Waals surface area contributed by atoms with Crippen molar-refractivity contribution in [1.29, 1.82) is 0 Å². The molecule has 3 rings (SSSR count). The molecule has 8 heteroatoms. The third kappa shape index (κ3) is 3.95. The molecule has 0 saturated carbocycles. The lowest BCUT2D eigenvalue weighted by molar-refractivity contribution is 0.0201. The third-order valence-electron chi connectivity index (χ3n) is 4.02. The van der Waals surface area contributed by atoms with Gasteiger partial charge in [-0.05, 0) is 45.7 Å². The largest absolute Gasteiger partial charge is 0.444 e. The summed E-state index contributed by atoms with van der Waals surface area (Å²) < 4.78 is 32.2. The van der Waals surface area contributed by atoms with Gasteiger partial charge in [-0.2, -0.15) is 0 Å². The molecule has 1 aromatic carbocycles. The first-order chi connectivity index (χ1) is 11.7. The van der Waals surface area contributed by atoms with Gasteiger partial charge in [0.1, 0.15) is 11.4 Å². The van der Waals surface area contributed by atoms with E-state index in [-0.39, 0.29) is 17.0 Å². The van der Waals surface area contributed by atoms with Gasteiger partial charge in [0.05, 0.1) is 10.9 Å². The van der Waals surface area contributed by atoms with Gasteiger partial charge in [-0.1, -0.05) is 12.1 Å². The first-order valence-electron chi connectivity index (χ1n) is 8.34. The van der Waals surface area contributed by atoms with Crippen molar-refractivity contribution in [3.05, 3.63) is 29.8 Å². The molecule has 25 heavy (non-hydrogen) atoms. The minimum Gasteiger partial charge on any atom is -0.444 e. The fourth-order valence-corrected chi connectivity index (χ4v) is 4.20. The standard InChI is InChI=1S/C17H23N3O4S/c1-17(2,3)24-16(21)20-10-6-7-12(11-20)18-15-13-8-4-5-9-14(13)25(22,23)19-15/h4-5,8-9,12H,6-7,10-11H2,1-3H3,(H,18,19)/t12-/m0/s1. The molecule has 1 N–H and O–H groups in total. The number of fused-ring (bicyclic) bond motifs is 1. The average Bonchev–Trinajstić information content (AvgIpc) is 2.77. The first-order valence-corrected chi connectivity index (χ1v) is 9.82. The molecule has 2 aliphatic rings. The van der Waals surface area contributed by atoms with Crippen molar-refractivity contribution < 1.29 is 17.9 Å². The van der Waals surface area contributed by atoms with Crippen molar-refractivity contribution in [2.45, 2.75) is 50.2 Å². The fourth-order valence-electron chi connectivity index (χ4n) is 2.96. The van der Waals surface area contributed by atoms with Crippen LogP contribution in [0.15, 0.2) is 34.2 Å². The second-order valence-electron chi connectivity index (χ2n) is 7.30. The van der Waals surface area contributed by atoms with Crippen LogP contribution in [0, 0.1) is 0 Å². The van der Waals surface area contributed by atoms with Crippen molar-refractivity contribution in [3.63, 3.8) is 0 Å². The quantitative estimate of drug-likeness (QED) is 0.826. The van der Waals surface area contributed by atoms with Crippen molar-refractivity contribution in [3.8, 4) is 0 Å². The van der Waals surface area contributed by atoms with Gasteiger partial charge in [0.25, 0.3) is 10.0 Å². The number of amides is 1. The van der Waals surface area contributed by atoms with Gasteiger partial charge < -0.3 is 9.64 Å². The zero-order chi connectivity index (χ0) is 18.2. The number of piperidine rings is 1. The summed E-state index contributed by atoms with van der Waals surface area (Å²) >= 11 is 0. The van der Waals surface area contributed by atoms with Crippen LogP contribution in [0.5, 0.6) is 0 Å². The lowest BCUT2D eigenvalue weighted by Crippen LogP contribution is -2.44. The summed E-state index contributed by atoms with van der Waals surface area (Å²) in [5.41, 5.74) is 0.0348. The van der Waals surface area contributed by atoms with Crippen molar-refractivity contribution >= 4 is 22.0 Å². The number of carbonyl (C=O) groups excluding carboxylic acids is 1. The molecule has 136 valence electrons. The molecule has 0 radical (unpaired) electrons. The molecular weight excluding hydrogens is 342 g/mol. The summed E-state index contributed by atoms with van der Waals surface area (Å²) in [4.78, 5) is 18.7. The predicted molar refractivity (Wildman–Crippen MR) is 94.1 cm³/mol. The molecule has 2 aliphatic heterocycles. The number of likely N-dealkylation sites (tertiary alicyclic amines) is 1. The highest BCUT2D eigenvalue weighted by molar-refractivity contribution is 7.90. The summed E-state index contributed by atoms with van der Waals surface area (Å²) in [6, 6.07) is 6.61. The molecule has 0 bridgehead atoms. The zero-order valence-corrected chi connectivity index (χ0v) is 15.5. The van der Waals surface area contributed by atoms with Crippen LogP contribution in [0.1, 0.15) is 39.2 Å². The van der Waals surface area contributed by atoms with Crippen LogP contribution in [0.25, 0.3) is 0 Å². The van der Waals surface area contributed by atoms with Crippen LogP contribution in [-0.2, 0) is 14.8 Å². The highest BCUT2D eigenvalue weighted by Crippen LogP contribution is 2.24. The molecule has 1 saturated heterocycles. The summed E-state index contributed by atoms with van der Waals surface area (Å²) in [6.07, 6.45) is 1.24. The van der Waals surface area contributed by atoms with E-state index in [0.29, 0.717) is 24.5 Å². The van der Waals surface area contributed by atoms with E-state index in [9.17, 15) is 13.2 Å². The van der Waals surface area contributed by atoms with E-state index in [2.05, 4.69) is 9.71 Å². The van der Waals surface area contributed by atoms with Gasteiger partial charge in [-0.15, -0.1) is 0 Å². The number of benzene rings is 1. The summed E-state index contributed by atoms with van der Waals surface area (Å²) in [5, 5.41) is 0. The number of sulfonamides is 1. The maximum absolute atomic E-state index is 12.2. The van der Waals surface area contributed by atoms with E-state index in [4.69, 9.17) is 4.74 Å². The molecule has 0 aromatic heterocycles. The van der Waals surface area contributed by atoms with Crippen molar-refractivity contribution in [2.75, 3.05) is 13.1 Å². The van der Waals surface area contributed by atoms with Crippen LogP contribution < -0.4 is 4.72 Å². The molecule has 1 aromatic rings. The second kappa shape index (κ2) is 6.33. The molecule has 1 amide bonds. The van der Waals surface area contributed by atoms with Crippen LogP contribution in [0.2, 0.25) is 0 Å². The minimum absolute atomic E-state index is 0.162. The molecule has 0 unspecified atom stereocenters. The number of nitrogens with zero attached hydrogens (tertiary/aromatic N) is 2. The Bertz CT molecular complexity index is 811. The molecular formula is C17H23N3O4S. The summed E-state index contributed by atoms with van der Waals surface area (Å²) in [6.45, 7) is 6.53. The predicted octanol–water partition coefficient (Wildman–Crippen LogP) is 2.12. The smallest absolute Gasteiger partial charge is 0.410 e. The number of amidine groups is 1. The monoisotopic (exact) mass is 365 g/mol. The van der Waals surface area contributed by atoms with Gasteiger partial charge in [-0.3, -0.25) is 9.71 Å². The van der Waals surface area contributed by atoms with Gasteiger partial charge in [-0.25, -0.2) is 13.2 Å². The van der Waals surface area contributed by atoms with Crippen LogP contribution in [0.3, 0.4) is 0 Å². The zero-order valence-electron chi connectivity index (χ0n) is 14.7. The summed E-state index contributed by atoms with van der Waals surface area (Å²) in [7, 11) is -3.55. The maximum atomic E-state index is 12.2. The minimum atomic E-state index is -3.55. The normalized spacial score (nSPS) is 23.9. The van der Waals surface area contributed by atoms with E-state index in [1.807, 2.05) is 20.8 Å². The average molecular weight is 365 g/mol. The van der Waals surface area contributed by atoms with E-state index in [1.54, 1.807) is 29.2 Å². The van der Waals surface area contributed by atoms with E-state index < -0.39 is 15.6 Å². The fraction of sp³-hybridized carbons (Fsp3) is 0.529. The van der Waals surface area contributed by atoms with E-state index >= 15 is 0 Å². The Kier molecular flexibility index (Phi) is 4.49.